The van der Waals surface area contributed by atoms with Crippen molar-refractivity contribution in [2.75, 3.05) is 5.43 Å². The number of nitro groups is 1. The lowest BCUT2D eigenvalue weighted by atomic mass is 10.4. The lowest BCUT2D eigenvalue weighted by molar-refractivity contribution is -0.380. The summed E-state index contributed by atoms with van der Waals surface area (Å²) in [5, 5.41) is 11.1. The molecule has 7 nitrogen and oxygen atoms in total. The van der Waals surface area contributed by atoms with E-state index < -0.39 is 4.92 Å². The van der Waals surface area contributed by atoms with Crippen LogP contribution in [0, 0.1) is 10.1 Å². The molecule has 0 atom stereocenters. The van der Waals surface area contributed by atoms with Gasteiger partial charge in [0.2, 0.25) is 0 Å². The number of hydrogen-bond acceptors (Lipinski definition) is 7. The highest BCUT2D eigenvalue weighted by Gasteiger charge is 2.14. The number of rotatable bonds is 2. The van der Waals surface area contributed by atoms with E-state index in [4.69, 9.17) is 5.84 Å². The van der Waals surface area contributed by atoms with E-state index in [1.54, 1.807) is 0 Å². The summed E-state index contributed by atoms with van der Waals surface area (Å²) in [7, 11) is 0. The van der Waals surface area contributed by atoms with Crippen LogP contribution in [0.25, 0.3) is 10.2 Å². The Kier molecular flexibility index (Phi) is 1.98. The molecule has 0 saturated heterocycles. The van der Waals surface area contributed by atoms with Gasteiger partial charge in [0.25, 0.3) is 0 Å². The predicted octanol–water partition coefficient (Wildman–Crippen LogP) is 0.885. The first-order valence-corrected chi connectivity index (χ1v) is 4.39. The summed E-state index contributed by atoms with van der Waals surface area (Å²) in [5.41, 5.74) is 2.36. The second-order valence-electron chi connectivity index (χ2n) is 2.43. The largest absolute Gasteiger partial charge is 0.326 e. The van der Waals surface area contributed by atoms with E-state index >= 15 is 0 Å². The molecule has 0 amide bonds. The fraction of sp³-hybridized carbons (Fsp3) is 0. The van der Waals surface area contributed by atoms with E-state index in [1.165, 1.54) is 12.4 Å². The molecule has 14 heavy (non-hydrogen) atoms. The van der Waals surface area contributed by atoms with Gasteiger partial charge in [-0.2, -0.15) is 0 Å². The molecule has 2 aromatic heterocycles. The summed E-state index contributed by atoms with van der Waals surface area (Å²) < 4.78 is 0. The summed E-state index contributed by atoms with van der Waals surface area (Å²) in [4.78, 5) is 18.3. The summed E-state index contributed by atoms with van der Waals surface area (Å²) in [6.45, 7) is 0. The summed E-state index contributed by atoms with van der Waals surface area (Å²) in [6.07, 6.45) is 1.30. The van der Waals surface area contributed by atoms with E-state index in [-0.39, 0.29) is 5.00 Å². The first-order chi connectivity index (χ1) is 6.72. The monoisotopic (exact) mass is 211 g/mol. The summed E-state index contributed by atoms with van der Waals surface area (Å²) in [6, 6.07) is 1.40. The highest BCUT2D eigenvalue weighted by molar-refractivity contribution is 7.21. The fourth-order valence-electron chi connectivity index (χ4n) is 1.05. The summed E-state index contributed by atoms with van der Waals surface area (Å²) in [5.74, 6) is 5.58. The molecule has 0 aromatic carbocycles. The smallest absolute Gasteiger partial charge is 0.308 e. The topological polar surface area (TPSA) is 107 Å². The van der Waals surface area contributed by atoms with Gasteiger partial charge in [0.15, 0.2) is 5.82 Å². The van der Waals surface area contributed by atoms with E-state index in [9.17, 15) is 10.1 Å². The van der Waals surface area contributed by atoms with Crippen LogP contribution in [0.1, 0.15) is 0 Å². The third-order valence-corrected chi connectivity index (χ3v) is 2.63. The van der Waals surface area contributed by atoms with Crippen molar-refractivity contribution in [3.8, 4) is 0 Å². The molecule has 0 aliphatic heterocycles. The number of anilines is 1. The first-order valence-electron chi connectivity index (χ1n) is 3.58. The molecule has 0 saturated carbocycles. The van der Waals surface area contributed by atoms with Crippen molar-refractivity contribution >= 4 is 32.4 Å². The lowest BCUT2D eigenvalue weighted by Gasteiger charge is -1.96. The fourth-order valence-corrected chi connectivity index (χ4v) is 1.86. The average molecular weight is 211 g/mol. The van der Waals surface area contributed by atoms with Crippen molar-refractivity contribution in [1.29, 1.82) is 0 Å². The van der Waals surface area contributed by atoms with Gasteiger partial charge in [0, 0.05) is 6.07 Å². The molecule has 2 rings (SSSR count). The Morgan fingerprint density at radius 3 is 3.00 bits per heavy atom. The van der Waals surface area contributed by atoms with Crippen LogP contribution in [0.15, 0.2) is 12.4 Å². The molecule has 0 unspecified atom stereocenters. The molecule has 3 N–H and O–H groups in total. The maximum atomic E-state index is 10.5. The zero-order chi connectivity index (χ0) is 10.1. The molecule has 0 radical (unpaired) electrons. The van der Waals surface area contributed by atoms with Crippen molar-refractivity contribution in [1.82, 2.24) is 9.97 Å². The molecule has 0 fully saturated rings. The minimum atomic E-state index is -0.466. The molecule has 2 aromatic rings. The number of nitrogens with one attached hydrogen (secondary N) is 1. The Labute approximate surface area is 81.7 Å². The van der Waals surface area contributed by atoms with Gasteiger partial charge in [0.1, 0.15) is 11.2 Å². The zero-order valence-corrected chi connectivity index (χ0v) is 7.61. The van der Waals surface area contributed by atoms with E-state index in [2.05, 4.69) is 15.4 Å². The number of hydrazine groups is 1. The van der Waals surface area contributed by atoms with E-state index in [0.29, 0.717) is 16.0 Å². The van der Waals surface area contributed by atoms with Crippen LogP contribution in [0.2, 0.25) is 0 Å². The van der Waals surface area contributed by atoms with Gasteiger partial charge < -0.3 is 5.43 Å². The van der Waals surface area contributed by atoms with Crippen LogP contribution in [-0.2, 0) is 0 Å². The molecular formula is C6H5N5O2S. The molecule has 8 heteroatoms. The molecule has 0 aliphatic carbocycles. The van der Waals surface area contributed by atoms with Crippen molar-refractivity contribution in [3.05, 3.63) is 22.5 Å². The molecular weight excluding hydrogens is 206 g/mol. The van der Waals surface area contributed by atoms with Gasteiger partial charge in [-0.25, -0.2) is 15.8 Å². The zero-order valence-electron chi connectivity index (χ0n) is 6.80. The van der Waals surface area contributed by atoms with Crippen molar-refractivity contribution in [2.45, 2.75) is 0 Å². The number of aromatic nitrogens is 2. The Morgan fingerprint density at radius 2 is 2.36 bits per heavy atom. The number of nitrogens with zero attached hydrogens (tertiary/aromatic N) is 3. The Morgan fingerprint density at radius 1 is 1.57 bits per heavy atom. The van der Waals surface area contributed by atoms with Gasteiger partial charge in [-0.3, -0.25) is 10.1 Å². The van der Waals surface area contributed by atoms with Gasteiger partial charge in [-0.05, 0) is 11.3 Å². The third-order valence-electron chi connectivity index (χ3n) is 1.63. The highest BCUT2D eigenvalue weighted by Crippen LogP contribution is 2.32. The van der Waals surface area contributed by atoms with Crippen LogP contribution in [0.3, 0.4) is 0 Å². The van der Waals surface area contributed by atoms with E-state index in [0.717, 1.165) is 11.3 Å². The maximum absolute atomic E-state index is 10.5. The van der Waals surface area contributed by atoms with Gasteiger partial charge >= 0.3 is 5.00 Å². The van der Waals surface area contributed by atoms with Crippen LogP contribution >= 0.6 is 11.3 Å². The minimum absolute atomic E-state index is 0.0250. The second-order valence-corrected chi connectivity index (χ2v) is 3.44. The van der Waals surface area contributed by atoms with Crippen LogP contribution in [0.4, 0.5) is 10.8 Å². The van der Waals surface area contributed by atoms with Gasteiger partial charge in [-0.1, -0.05) is 0 Å². The van der Waals surface area contributed by atoms with Crippen LogP contribution in [0.5, 0.6) is 0 Å². The van der Waals surface area contributed by atoms with Crippen molar-refractivity contribution in [3.63, 3.8) is 0 Å². The van der Waals surface area contributed by atoms with Crippen LogP contribution < -0.4 is 11.3 Å². The quantitative estimate of drug-likeness (QED) is 0.434. The minimum Gasteiger partial charge on any atom is -0.308 e. The Hall–Kier alpha value is -1.80. The molecule has 72 valence electrons. The Bertz CT molecular complexity index is 496. The first kappa shape index (κ1) is 8.78. The SMILES string of the molecule is NNc1ncnc2sc([N+](=O)[O-])cc12. The maximum Gasteiger partial charge on any atom is 0.326 e. The third kappa shape index (κ3) is 1.26. The van der Waals surface area contributed by atoms with Crippen molar-refractivity contribution < 1.29 is 4.92 Å². The van der Waals surface area contributed by atoms with Crippen molar-refractivity contribution in [2.24, 2.45) is 5.84 Å². The van der Waals surface area contributed by atoms with Crippen LogP contribution in [-0.4, -0.2) is 14.9 Å². The molecule has 0 bridgehead atoms. The molecule has 0 spiro atoms. The van der Waals surface area contributed by atoms with Gasteiger partial charge in [-0.15, -0.1) is 0 Å². The summed E-state index contributed by atoms with van der Waals surface area (Å²) >= 11 is 0.989. The van der Waals surface area contributed by atoms with Gasteiger partial charge in [0.05, 0.1) is 10.3 Å². The molecule has 2 heterocycles. The molecule has 0 aliphatic rings. The number of hydrogen-bond donors (Lipinski definition) is 2. The lowest BCUT2D eigenvalue weighted by Crippen LogP contribution is -2.08. The number of fused-ring (bicyclic) bond motifs is 1. The second kappa shape index (κ2) is 3.16. The normalized spacial score (nSPS) is 10.4. The number of nitrogen functional groups attached to an aromatic ring is 1. The standard InChI is InChI=1S/C6H5N5O2S/c7-10-5-3-1-4(11(12)13)14-6(3)9-2-8-5/h1-2H,7H2,(H,8,9,10). The van der Waals surface area contributed by atoms with E-state index in [1.807, 2.05) is 0 Å². The highest BCUT2D eigenvalue weighted by atomic mass is 32.1. The predicted molar refractivity (Wildman–Crippen MR) is 51.9 cm³/mol. The Balaban J connectivity index is 2.70. The average Bonchev–Trinajstić information content (AvgIpc) is 2.60. The number of nitrogens with two attached hydrogens (primary N) is 1. The number of thiophene rings is 1.